The van der Waals surface area contributed by atoms with Gasteiger partial charge in [0.1, 0.15) is 0 Å². The van der Waals surface area contributed by atoms with Crippen LogP contribution in [0, 0.1) is 0 Å². The normalized spacial score (nSPS) is 15.5. The number of methoxy groups -OCH3 is 4. The van der Waals surface area contributed by atoms with E-state index in [0.29, 0.717) is 39.7 Å². The molecule has 1 atom stereocenters. The molecule has 0 bridgehead atoms. The molecule has 0 saturated carbocycles. The number of ether oxygens (including phenoxy) is 4. The molecule has 1 heterocycles. The van der Waals surface area contributed by atoms with Gasteiger partial charge in [-0.1, -0.05) is 12.1 Å². The Kier molecular flexibility index (Phi) is 6.51. The van der Waals surface area contributed by atoms with E-state index in [4.69, 9.17) is 18.9 Å². The molecule has 3 aromatic rings. The summed E-state index contributed by atoms with van der Waals surface area (Å²) in [6, 6.07) is 12.6. The first kappa shape index (κ1) is 24.3. The van der Waals surface area contributed by atoms with E-state index in [1.54, 1.807) is 30.3 Å². The summed E-state index contributed by atoms with van der Waals surface area (Å²) in [4.78, 5) is 14.8. The predicted octanol–water partition coefficient (Wildman–Crippen LogP) is 5.42. The number of halogens is 3. The summed E-state index contributed by atoms with van der Waals surface area (Å²) in [5, 5.41) is 0. The minimum Gasteiger partial charge on any atom is -0.493 e. The smallest absolute Gasteiger partial charge is 0.416 e. The zero-order valence-electron chi connectivity index (χ0n) is 19.6. The average Bonchev–Trinajstić information content (AvgIpc) is 2.86. The highest BCUT2D eigenvalue weighted by atomic mass is 19.4. The fourth-order valence-corrected chi connectivity index (χ4v) is 4.35. The first-order valence-electron chi connectivity index (χ1n) is 10.7. The number of rotatable bonds is 6. The molecule has 0 unspecified atom stereocenters. The fraction of sp³-hybridized carbons (Fsp3) is 0.269. The number of carbonyl (C=O) groups excluding carboxylic acids is 1. The number of benzene rings is 3. The SMILES string of the molecule is COc1ccc([C@H]2c3cc(OC)c(OC)cc3CC(=O)N2c2cccc(C(F)(F)F)c2)cc1OC. The van der Waals surface area contributed by atoms with Gasteiger partial charge in [-0.25, -0.2) is 0 Å². The summed E-state index contributed by atoms with van der Waals surface area (Å²) in [6.07, 6.45) is -4.57. The van der Waals surface area contributed by atoms with Crippen LogP contribution in [0.5, 0.6) is 23.0 Å². The van der Waals surface area contributed by atoms with Gasteiger partial charge in [0.15, 0.2) is 23.0 Å². The van der Waals surface area contributed by atoms with Gasteiger partial charge in [-0.2, -0.15) is 13.2 Å². The summed E-state index contributed by atoms with van der Waals surface area (Å²) in [5.41, 5.74) is 1.31. The monoisotopic (exact) mass is 487 g/mol. The number of hydrogen-bond donors (Lipinski definition) is 0. The van der Waals surface area contributed by atoms with E-state index in [9.17, 15) is 18.0 Å². The maximum atomic E-state index is 13.5. The minimum atomic E-state index is -4.55. The Bertz CT molecular complexity index is 1260. The lowest BCUT2D eigenvalue weighted by Crippen LogP contribution is -2.41. The minimum absolute atomic E-state index is 0.0181. The third-order valence-electron chi connectivity index (χ3n) is 5.98. The summed E-state index contributed by atoms with van der Waals surface area (Å²) in [7, 11) is 5.98. The van der Waals surface area contributed by atoms with Crippen molar-refractivity contribution in [2.75, 3.05) is 33.3 Å². The first-order chi connectivity index (χ1) is 16.7. The van der Waals surface area contributed by atoms with Crippen LogP contribution >= 0.6 is 0 Å². The zero-order valence-corrected chi connectivity index (χ0v) is 19.6. The molecule has 0 spiro atoms. The van der Waals surface area contributed by atoms with E-state index in [0.717, 1.165) is 12.1 Å². The van der Waals surface area contributed by atoms with Crippen LogP contribution in [-0.2, 0) is 17.4 Å². The molecule has 0 saturated heterocycles. The second-order valence-corrected chi connectivity index (χ2v) is 7.91. The van der Waals surface area contributed by atoms with Crippen LogP contribution in [0.4, 0.5) is 18.9 Å². The molecule has 0 N–H and O–H groups in total. The van der Waals surface area contributed by atoms with Crippen LogP contribution in [0.3, 0.4) is 0 Å². The molecule has 0 fully saturated rings. The zero-order chi connectivity index (χ0) is 25.3. The quantitative estimate of drug-likeness (QED) is 0.465. The Balaban J connectivity index is 1.97. The highest BCUT2D eigenvalue weighted by Crippen LogP contribution is 2.45. The molecule has 0 aromatic heterocycles. The van der Waals surface area contributed by atoms with Gasteiger partial charge in [0.05, 0.1) is 46.5 Å². The number of amides is 1. The Morgan fingerprint density at radius 3 is 2.06 bits per heavy atom. The third kappa shape index (κ3) is 4.45. The number of nitrogens with zero attached hydrogens (tertiary/aromatic N) is 1. The largest absolute Gasteiger partial charge is 0.493 e. The van der Waals surface area contributed by atoms with Crippen LogP contribution in [0.1, 0.15) is 28.3 Å². The summed E-state index contributed by atoms with van der Waals surface area (Å²) in [6.45, 7) is 0. The van der Waals surface area contributed by atoms with Crippen LogP contribution in [0.25, 0.3) is 0 Å². The van der Waals surface area contributed by atoms with Gasteiger partial charge in [-0.05, 0) is 59.2 Å². The molecular weight excluding hydrogens is 463 g/mol. The van der Waals surface area contributed by atoms with Gasteiger partial charge >= 0.3 is 6.18 Å². The van der Waals surface area contributed by atoms with Crippen molar-refractivity contribution in [2.45, 2.75) is 18.6 Å². The van der Waals surface area contributed by atoms with Gasteiger partial charge in [0, 0.05) is 5.69 Å². The maximum Gasteiger partial charge on any atom is 0.416 e. The number of anilines is 1. The van der Waals surface area contributed by atoms with Crippen molar-refractivity contribution in [3.05, 3.63) is 76.9 Å². The van der Waals surface area contributed by atoms with E-state index in [-0.39, 0.29) is 18.0 Å². The molecule has 3 aromatic carbocycles. The molecule has 1 amide bonds. The van der Waals surface area contributed by atoms with Gasteiger partial charge < -0.3 is 23.8 Å². The lowest BCUT2D eigenvalue weighted by atomic mass is 9.86. The van der Waals surface area contributed by atoms with E-state index in [1.807, 2.05) is 0 Å². The molecular formula is C26H24F3NO5. The van der Waals surface area contributed by atoms with Gasteiger partial charge in [0.25, 0.3) is 0 Å². The van der Waals surface area contributed by atoms with Crippen LogP contribution in [0.2, 0.25) is 0 Å². The predicted molar refractivity (Wildman–Crippen MR) is 124 cm³/mol. The lowest BCUT2D eigenvalue weighted by molar-refractivity contribution is -0.137. The Labute approximate surface area is 200 Å². The highest BCUT2D eigenvalue weighted by Gasteiger charge is 2.38. The molecule has 35 heavy (non-hydrogen) atoms. The van der Waals surface area contributed by atoms with Crippen molar-refractivity contribution in [3.63, 3.8) is 0 Å². The molecule has 1 aliphatic rings. The van der Waals surface area contributed by atoms with E-state index >= 15 is 0 Å². The first-order valence-corrected chi connectivity index (χ1v) is 10.7. The highest BCUT2D eigenvalue weighted by molar-refractivity contribution is 5.98. The molecule has 0 radical (unpaired) electrons. The van der Waals surface area contributed by atoms with Crippen molar-refractivity contribution < 1.29 is 36.9 Å². The van der Waals surface area contributed by atoms with Crippen molar-refractivity contribution in [3.8, 4) is 23.0 Å². The molecule has 0 aliphatic carbocycles. The number of carbonyl (C=O) groups is 1. The van der Waals surface area contributed by atoms with Crippen molar-refractivity contribution >= 4 is 11.6 Å². The average molecular weight is 487 g/mol. The van der Waals surface area contributed by atoms with Gasteiger partial charge in [-0.15, -0.1) is 0 Å². The summed E-state index contributed by atoms with van der Waals surface area (Å²) < 4.78 is 62.1. The Morgan fingerprint density at radius 2 is 1.43 bits per heavy atom. The summed E-state index contributed by atoms with van der Waals surface area (Å²) in [5.74, 6) is 1.45. The van der Waals surface area contributed by atoms with Crippen molar-refractivity contribution in [2.24, 2.45) is 0 Å². The van der Waals surface area contributed by atoms with E-state index in [2.05, 4.69) is 0 Å². The molecule has 4 rings (SSSR count). The number of fused-ring (bicyclic) bond motifs is 1. The van der Waals surface area contributed by atoms with Crippen LogP contribution < -0.4 is 23.8 Å². The van der Waals surface area contributed by atoms with E-state index < -0.39 is 17.8 Å². The molecule has 6 nitrogen and oxygen atoms in total. The standard InChI is InChI=1S/C26H24F3NO5/c1-32-20-9-8-15(10-21(20)33-2)25-19-14-23(35-4)22(34-3)11-16(19)12-24(31)30(25)18-7-5-6-17(13-18)26(27,28)29/h5-11,13-14,25H,12H2,1-4H3/t25-/m0/s1. The Morgan fingerprint density at radius 1 is 0.800 bits per heavy atom. The summed E-state index contributed by atoms with van der Waals surface area (Å²) >= 11 is 0. The van der Waals surface area contributed by atoms with Crippen LogP contribution in [-0.4, -0.2) is 34.3 Å². The molecule has 184 valence electrons. The van der Waals surface area contributed by atoms with Crippen molar-refractivity contribution in [1.82, 2.24) is 0 Å². The topological polar surface area (TPSA) is 57.2 Å². The van der Waals surface area contributed by atoms with Gasteiger partial charge in [-0.3, -0.25) is 4.79 Å². The second kappa shape index (κ2) is 9.40. The third-order valence-corrected chi connectivity index (χ3v) is 5.98. The fourth-order valence-electron chi connectivity index (χ4n) is 4.35. The number of alkyl halides is 3. The second-order valence-electron chi connectivity index (χ2n) is 7.91. The number of hydrogen-bond acceptors (Lipinski definition) is 5. The lowest BCUT2D eigenvalue weighted by Gasteiger charge is -2.38. The Hall–Kier alpha value is -3.88. The van der Waals surface area contributed by atoms with Gasteiger partial charge in [0.2, 0.25) is 5.91 Å². The van der Waals surface area contributed by atoms with E-state index in [1.165, 1.54) is 45.5 Å². The van der Waals surface area contributed by atoms with Crippen molar-refractivity contribution in [1.29, 1.82) is 0 Å². The maximum absolute atomic E-state index is 13.5. The molecule has 9 heteroatoms. The van der Waals surface area contributed by atoms with Crippen LogP contribution in [0.15, 0.2) is 54.6 Å². The molecule has 1 aliphatic heterocycles.